The van der Waals surface area contributed by atoms with E-state index in [1.807, 2.05) is 0 Å². The van der Waals surface area contributed by atoms with Gasteiger partial charge in [0.15, 0.2) is 5.60 Å². The third-order valence-corrected chi connectivity index (χ3v) is 1.88. The minimum Gasteiger partial charge on any atom is -0.394 e. The number of hydrogen-bond donors (Lipinski definition) is 1. The number of hydrogen-bond acceptors (Lipinski definition) is 4. The van der Waals surface area contributed by atoms with Gasteiger partial charge in [0, 0.05) is 6.61 Å². The van der Waals surface area contributed by atoms with Crippen molar-refractivity contribution in [2.75, 3.05) is 26.4 Å². The summed E-state index contributed by atoms with van der Waals surface area (Å²) in [5.74, 6) is 0. The number of ether oxygens (including phenoxy) is 2. The molecule has 0 bridgehead atoms. The van der Waals surface area contributed by atoms with E-state index in [1.165, 1.54) is 0 Å². The molecule has 4 heteroatoms. The average molecular weight is 171 g/mol. The van der Waals surface area contributed by atoms with Gasteiger partial charge in [-0.1, -0.05) is 0 Å². The summed E-state index contributed by atoms with van der Waals surface area (Å²) in [6, 6.07) is 2.09. The molecule has 0 spiro atoms. The Balaban J connectivity index is 2.44. The predicted octanol–water partition coefficient (Wildman–Crippen LogP) is 0.0681. The van der Waals surface area contributed by atoms with Crippen LogP contribution in [0.1, 0.15) is 12.8 Å². The molecule has 1 rings (SSSR count). The molecule has 0 radical (unpaired) electrons. The SMILES string of the molecule is N#CC1(OCCO)CCCOC1. The zero-order chi connectivity index (χ0) is 8.86. The first kappa shape index (κ1) is 9.46. The molecule has 0 aliphatic carbocycles. The summed E-state index contributed by atoms with van der Waals surface area (Å²) in [4.78, 5) is 0. The molecule has 4 nitrogen and oxygen atoms in total. The summed E-state index contributed by atoms with van der Waals surface area (Å²) in [7, 11) is 0. The van der Waals surface area contributed by atoms with Crippen molar-refractivity contribution in [1.29, 1.82) is 5.26 Å². The van der Waals surface area contributed by atoms with Crippen LogP contribution in [0.4, 0.5) is 0 Å². The first-order valence-electron chi connectivity index (χ1n) is 4.07. The molecule has 12 heavy (non-hydrogen) atoms. The second-order valence-electron chi connectivity index (χ2n) is 2.83. The Morgan fingerprint density at radius 1 is 1.67 bits per heavy atom. The highest BCUT2D eigenvalue weighted by molar-refractivity contribution is 5.03. The van der Waals surface area contributed by atoms with Gasteiger partial charge in [-0.3, -0.25) is 0 Å². The van der Waals surface area contributed by atoms with Crippen LogP contribution in [0.2, 0.25) is 0 Å². The van der Waals surface area contributed by atoms with E-state index in [0.717, 1.165) is 6.42 Å². The maximum atomic E-state index is 8.83. The molecule has 0 saturated carbocycles. The number of aliphatic hydroxyl groups is 1. The Hall–Kier alpha value is -0.630. The third-order valence-electron chi connectivity index (χ3n) is 1.88. The van der Waals surface area contributed by atoms with Crippen LogP contribution in [-0.2, 0) is 9.47 Å². The van der Waals surface area contributed by atoms with Gasteiger partial charge < -0.3 is 14.6 Å². The van der Waals surface area contributed by atoms with Gasteiger partial charge in [0.2, 0.25) is 0 Å². The van der Waals surface area contributed by atoms with Crippen LogP contribution in [0, 0.1) is 11.3 Å². The molecular weight excluding hydrogens is 158 g/mol. The smallest absolute Gasteiger partial charge is 0.177 e. The van der Waals surface area contributed by atoms with Crippen molar-refractivity contribution in [3.63, 3.8) is 0 Å². The van der Waals surface area contributed by atoms with Crippen LogP contribution in [0.3, 0.4) is 0 Å². The number of nitrogens with zero attached hydrogens (tertiary/aromatic N) is 1. The highest BCUT2D eigenvalue weighted by Crippen LogP contribution is 2.22. The van der Waals surface area contributed by atoms with E-state index >= 15 is 0 Å². The number of nitriles is 1. The standard InChI is InChI=1S/C8H13NO3/c9-6-8(12-5-3-10)2-1-4-11-7-8/h10H,1-5,7H2. The van der Waals surface area contributed by atoms with Crippen molar-refractivity contribution in [3.8, 4) is 6.07 Å². The lowest BCUT2D eigenvalue weighted by molar-refractivity contribution is -0.101. The van der Waals surface area contributed by atoms with Crippen LogP contribution in [0.5, 0.6) is 0 Å². The molecule has 0 aromatic carbocycles. The number of aliphatic hydroxyl groups excluding tert-OH is 1. The van der Waals surface area contributed by atoms with Gasteiger partial charge >= 0.3 is 0 Å². The van der Waals surface area contributed by atoms with Crippen LogP contribution in [0.25, 0.3) is 0 Å². The van der Waals surface area contributed by atoms with Crippen molar-refractivity contribution in [2.45, 2.75) is 18.4 Å². The Bertz CT molecular complexity index is 170. The fourth-order valence-electron chi connectivity index (χ4n) is 1.24. The van der Waals surface area contributed by atoms with E-state index in [9.17, 15) is 0 Å². The summed E-state index contributed by atoms with van der Waals surface area (Å²) in [5.41, 5.74) is -0.805. The quantitative estimate of drug-likeness (QED) is 0.652. The molecule has 1 aliphatic heterocycles. The van der Waals surface area contributed by atoms with Crippen molar-refractivity contribution >= 4 is 0 Å². The zero-order valence-electron chi connectivity index (χ0n) is 6.95. The Kier molecular flexibility index (Phi) is 3.48. The van der Waals surface area contributed by atoms with Crippen molar-refractivity contribution in [2.24, 2.45) is 0 Å². The first-order chi connectivity index (χ1) is 5.83. The second-order valence-corrected chi connectivity index (χ2v) is 2.83. The molecule has 0 aromatic heterocycles. The van der Waals surface area contributed by atoms with E-state index in [1.54, 1.807) is 0 Å². The number of rotatable bonds is 3. The maximum absolute atomic E-state index is 8.83. The summed E-state index contributed by atoms with van der Waals surface area (Å²) >= 11 is 0. The highest BCUT2D eigenvalue weighted by atomic mass is 16.5. The van der Waals surface area contributed by atoms with Crippen LogP contribution in [-0.4, -0.2) is 37.1 Å². The summed E-state index contributed by atoms with van der Waals surface area (Å²) in [6.45, 7) is 1.18. The molecule has 68 valence electrons. The molecule has 1 unspecified atom stereocenters. The Morgan fingerprint density at radius 2 is 2.50 bits per heavy atom. The summed E-state index contributed by atoms with van der Waals surface area (Å²) in [5, 5.41) is 17.4. The van der Waals surface area contributed by atoms with Gasteiger partial charge in [-0.15, -0.1) is 0 Å². The second kappa shape index (κ2) is 4.41. The van der Waals surface area contributed by atoms with Gasteiger partial charge in [0.1, 0.15) is 6.07 Å². The van der Waals surface area contributed by atoms with Gasteiger partial charge in [-0.2, -0.15) is 5.26 Å². The van der Waals surface area contributed by atoms with Gasteiger partial charge in [0.05, 0.1) is 19.8 Å². The lowest BCUT2D eigenvalue weighted by Gasteiger charge is -2.30. The van der Waals surface area contributed by atoms with Crippen LogP contribution >= 0.6 is 0 Å². The summed E-state index contributed by atoms with van der Waals surface area (Å²) < 4.78 is 10.4. The molecule has 1 atom stereocenters. The largest absolute Gasteiger partial charge is 0.394 e. The molecule has 1 saturated heterocycles. The molecule has 0 amide bonds. The van der Waals surface area contributed by atoms with Gasteiger partial charge in [-0.25, -0.2) is 0 Å². The van der Waals surface area contributed by atoms with Gasteiger partial charge in [0.25, 0.3) is 0 Å². The van der Waals surface area contributed by atoms with E-state index in [2.05, 4.69) is 6.07 Å². The van der Waals surface area contributed by atoms with Gasteiger partial charge in [-0.05, 0) is 12.8 Å². The lowest BCUT2D eigenvalue weighted by atomic mass is 9.98. The van der Waals surface area contributed by atoms with Crippen molar-refractivity contribution < 1.29 is 14.6 Å². The topological polar surface area (TPSA) is 62.5 Å². The van der Waals surface area contributed by atoms with E-state index < -0.39 is 5.60 Å². The zero-order valence-corrected chi connectivity index (χ0v) is 6.95. The molecular formula is C8H13NO3. The normalized spacial score (nSPS) is 29.7. The minimum atomic E-state index is -0.805. The minimum absolute atomic E-state index is 0.0522. The molecule has 1 heterocycles. The molecule has 0 aromatic rings. The molecule has 1 N–H and O–H groups in total. The first-order valence-corrected chi connectivity index (χ1v) is 4.07. The van der Waals surface area contributed by atoms with Crippen LogP contribution < -0.4 is 0 Å². The molecule has 1 fully saturated rings. The highest BCUT2D eigenvalue weighted by Gasteiger charge is 2.33. The van der Waals surface area contributed by atoms with E-state index in [4.69, 9.17) is 19.8 Å². The predicted molar refractivity (Wildman–Crippen MR) is 41.4 cm³/mol. The average Bonchev–Trinajstić information content (AvgIpc) is 2.16. The fourth-order valence-corrected chi connectivity index (χ4v) is 1.24. The van der Waals surface area contributed by atoms with Crippen molar-refractivity contribution in [1.82, 2.24) is 0 Å². The Morgan fingerprint density at radius 3 is 3.00 bits per heavy atom. The van der Waals surface area contributed by atoms with E-state index in [-0.39, 0.29) is 13.2 Å². The third kappa shape index (κ3) is 2.18. The maximum Gasteiger partial charge on any atom is 0.177 e. The Labute approximate surface area is 71.7 Å². The van der Waals surface area contributed by atoms with Crippen LogP contribution in [0.15, 0.2) is 0 Å². The fraction of sp³-hybridized carbons (Fsp3) is 0.875. The molecule has 1 aliphatic rings. The lowest BCUT2D eigenvalue weighted by Crippen LogP contribution is -2.40. The van der Waals surface area contributed by atoms with E-state index in [0.29, 0.717) is 19.6 Å². The van der Waals surface area contributed by atoms with Crippen molar-refractivity contribution in [3.05, 3.63) is 0 Å². The summed E-state index contributed by atoms with van der Waals surface area (Å²) in [6.07, 6.45) is 1.54. The monoisotopic (exact) mass is 171 g/mol.